The number of rotatable bonds is 7. The van der Waals surface area contributed by atoms with E-state index in [-0.39, 0.29) is 18.4 Å². The van der Waals surface area contributed by atoms with Gasteiger partial charge in [-0.3, -0.25) is 9.59 Å². The number of carbonyl (C=O) groups excluding carboxylic acids is 1. The molecule has 1 aliphatic heterocycles. The number of amides is 1. The topological polar surface area (TPSA) is 66.8 Å². The predicted octanol–water partition coefficient (Wildman–Crippen LogP) is 2.73. The molecule has 0 radical (unpaired) electrons. The van der Waals surface area contributed by atoms with Crippen LogP contribution in [0.25, 0.3) is 0 Å². The number of likely N-dealkylation sites (tertiary alicyclic amines) is 1. The zero-order chi connectivity index (χ0) is 16.8. The molecule has 0 aliphatic carbocycles. The SMILES string of the molecule is CC(C)COc1ccc(CC(=O)N2CCCC2CC(=O)O)cc1. The third-order valence-electron chi connectivity index (χ3n) is 3.97. The van der Waals surface area contributed by atoms with Crippen molar-refractivity contribution in [3.63, 3.8) is 0 Å². The second kappa shape index (κ2) is 7.99. The maximum atomic E-state index is 12.4. The molecule has 1 unspecified atom stereocenters. The van der Waals surface area contributed by atoms with Crippen LogP contribution in [0, 0.1) is 5.92 Å². The molecular weight excluding hydrogens is 294 g/mol. The van der Waals surface area contributed by atoms with E-state index in [1.54, 1.807) is 4.90 Å². The van der Waals surface area contributed by atoms with Crippen molar-refractivity contribution in [2.45, 2.75) is 45.6 Å². The van der Waals surface area contributed by atoms with Crippen LogP contribution in [0.4, 0.5) is 0 Å². The molecule has 1 N–H and O–H groups in total. The quantitative estimate of drug-likeness (QED) is 0.839. The summed E-state index contributed by atoms with van der Waals surface area (Å²) in [6, 6.07) is 7.40. The number of carbonyl (C=O) groups is 2. The third-order valence-corrected chi connectivity index (χ3v) is 3.97. The van der Waals surface area contributed by atoms with Gasteiger partial charge in [-0.25, -0.2) is 0 Å². The highest BCUT2D eigenvalue weighted by molar-refractivity contribution is 5.80. The zero-order valence-electron chi connectivity index (χ0n) is 13.8. The van der Waals surface area contributed by atoms with Gasteiger partial charge in [0.1, 0.15) is 5.75 Å². The summed E-state index contributed by atoms with van der Waals surface area (Å²) in [6.45, 7) is 5.52. The van der Waals surface area contributed by atoms with E-state index in [9.17, 15) is 9.59 Å². The zero-order valence-corrected chi connectivity index (χ0v) is 13.8. The lowest BCUT2D eigenvalue weighted by Crippen LogP contribution is -2.37. The second-order valence-corrected chi connectivity index (χ2v) is 6.51. The van der Waals surface area contributed by atoms with E-state index in [1.807, 2.05) is 24.3 Å². The normalized spacial score (nSPS) is 17.5. The number of carboxylic acids is 1. The summed E-state index contributed by atoms with van der Waals surface area (Å²) in [6.07, 6.45) is 2.00. The molecule has 2 rings (SSSR count). The molecule has 1 aromatic rings. The van der Waals surface area contributed by atoms with Crippen LogP contribution in [-0.4, -0.2) is 41.1 Å². The van der Waals surface area contributed by atoms with E-state index in [0.29, 0.717) is 25.5 Å². The van der Waals surface area contributed by atoms with Crippen molar-refractivity contribution < 1.29 is 19.4 Å². The average Bonchev–Trinajstić information content (AvgIpc) is 2.94. The molecule has 23 heavy (non-hydrogen) atoms. The molecule has 5 nitrogen and oxygen atoms in total. The van der Waals surface area contributed by atoms with E-state index in [2.05, 4.69) is 13.8 Å². The number of aliphatic carboxylic acids is 1. The number of nitrogens with zero attached hydrogens (tertiary/aromatic N) is 1. The van der Waals surface area contributed by atoms with Gasteiger partial charge in [0.2, 0.25) is 5.91 Å². The minimum absolute atomic E-state index is 0.00426. The van der Waals surface area contributed by atoms with Crippen LogP contribution in [0.5, 0.6) is 5.75 Å². The largest absolute Gasteiger partial charge is 0.493 e. The second-order valence-electron chi connectivity index (χ2n) is 6.51. The molecule has 1 atom stereocenters. The Labute approximate surface area is 137 Å². The molecule has 1 amide bonds. The van der Waals surface area contributed by atoms with Gasteiger partial charge in [0.25, 0.3) is 0 Å². The summed E-state index contributed by atoms with van der Waals surface area (Å²) in [4.78, 5) is 25.0. The van der Waals surface area contributed by atoms with Gasteiger partial charge in [-0.2, -0.15) is 0 Å². The van der Waals surface area contributed by atoms with Gasteiger partial charge in [-0.1, -0.05) is 26.0 Å². The highest BCUT2D eigenvalue weighted by Crippen LogP contribution is 2.22. The number of hydrogen-bond acceptors (Lipinski definition) is 3. The Balaban J connectivity index is 1.90. The Bertz CT molecular complexity index is 538. The summed E-state index contributed by atoms with van der Waals surface area (Å²) in [5.74, 6) is 0.434. The van der Waals surface area contributed by atoms with Crippen LogP contribution in [0.2, 0.25) is 0 Å². The summed E-state index contributed by atoms with van der Waals surface area (Å²) in [7, 11) is 0. The molecule has 126 valence electrons. The Morgan fingerprint density at radius 3 is 2.61 bits per heavy atom. The van der Waals surface area contributed by atoms with Crippen molar-refractivity contribution in [1.82, 2.24) is 4.90 Å². The molecule has 1 fully saturated rings. The molecule has 0 aromatic heterocycles. The maximum Gasteiger partial charge on any atom is 0.305 e. The van der Waals surface area contributed by atoms with Crippen LogP contribution in [0.15, 0.2) is 24.3 Å². The lowest BCUT2D eigenvalue weighted by molar-refractivity contribution is -0.139. The summed E-state index contributed by atoms with van der Waals surface area (Å²) in [5, 5.41) is 8.93. The van der Waals surface area contributed by atoms with Gasteiger partial charge in [0.15, 0.2) is 0 Å². The fourth-order valence-corrected chi connectivity index (χ4v) is 2.82. The van der Waals surface area contributed by atoms with E-state index in [4.69, 9.17) is 9.84 Å². The van der Waals surface area contributed by atoms with Crippen molar-refractivity contribution in [2.75, 3.05) is 13.2 Å². The molecule has 0 spiro atoms. The molecule has 1 heterocycles. The smallest absolute Gasteiger partial charge is 0.305 e. The summed E-state index contributed by atoms with van der Waals surface area (Å²) < 4.78 is 5.63. The molecule has 5 heteroatoms. The first-order valence-corrected chi connectivity index (χ1v) is 8.18. The minimum Gasteiger partial charge on any atom is -0.493 e. The third kappa shape index (κ3) is 5.27. The van der Waals surface area contributed by atoms with E-state index < -0.39 is 5.97 Å². The van der Waals surface area contributed by atoms with Crippen molar-refractivity contribution >= 4 is 11.9 Å². The van der Waals surface area contributed by atoms with Gasteiger partial charge >= 0.3 is 5.97 Å². The molecule has 0 saturated carbocycles. The number of benzene rings is 1. The maximum absolute atomic E-state index is 12.4. The first-order chi connectivity index (χ1) is 11.0. The number of ether oxygens (including phenoxy) is 1. The van der Waals surface area contributed by atoms with Crippen LogP contribution in [-0.2, 0) is 16.0 Å². The van der Waals surface area contributed by atoms with Gasteiger partial charge < -0.3 is 14.7 Å². The predicted molar refractivity (Wildman–Crippen MR) is 87.5 cm³/mol. The fraction of sp³-hybridized carbons (Fsp3) is 0.556. The molecule has 1 aliphatic rings. The molecule has 1 aromatic carbocycles. The standard InChI is InChI=1S/C18H25NO4/c1-13(2)12-23-16-7-5-14(6-8-16)10-17(20)19-9-3-4-15(19)11-18(21)22/h5-8,13,15H,3-4,9-12H2,1-2H3,(H,21,22). The molecule has 1 saturated heterocycles. The average molecular weight is 319 g/mol. The Hall–Kier alpha value is -2.04. The van der Waals surface area contributed by atoms with Crippen molar-refractivity contribution in [1.29, 1.82) is 0 Å². The summed E-state index contributed by atoms with van der Waals surface area (Å²) in [5.41, 5.74) is 0.924. The van der Waals surface area contributed by atoms with Crippen molar-refractivity contribution in [3.05, 3.63) is 29.8 Å². The lowest BCUT2D eigenvalue weighted by atomic mass is 10.1. The van der Waals surface area contributed by atoms with Gasteiger partial charge in [0.05, 0.1) is 19.4 Å². The van der Waals surface area contributed by atoms with E-state index in [0.717, 1.165) is 24.2 Å². The van der Waals surface area contributed by atoms with Gasteiger partial charge in [-0.15, -0.1) is 0 Å². The van der Waals surface area contributed by atoms with Crippen molar-refractivity contribution in [2.24, 2.45) is 5.92 Å². The Kier molecular flexibility index (Phi) is 6.02. The lowest BCUT2D eigenvalue weighted by Gasteiger charge is -2.23. The number of hydrogen-bond donors (Lipinski definition) is 1. The highest BCUT2D eigenvalue weighted by atomic mass is 16.5. The fourth-order valence-electron chi connectivity index (χ4n) is 2.82. The van der Waals surface area contributed by atoms with Crippen molar-refractivity contribution in [3.8, 4) is 5.75 Å². The molecule has 0 bridgehead atoms. The monoisotopic (exact) mass is 319 g/mol. The van der Waals surface area contributed by atoms with Crippen LogP contribution in [0.1, 0.15) is 38.7 Å². The van der Waals surface area contributed by atoms with Gasteiger partial charge in [-0.05, 0) is 36.5 Å². The highest BCUT2D eigenvalue weighted by Gasteiger charge is 2.30. The first kappa shape index (κ1) is 17.3. The molecular formula is C18H25NO4. The Morgan fingerprint density at radius 1 is 1.30 bits per heavy atom. The van der Waals surface area contributed by atoms with Crippen LogP contribution >= 0.6 is 0 Å². The minimum atomic E-state index is -0.846. The van der Waals surface area contributed by atoms with Gasteiger partial charge in [0, 0.05) is 12.6 Å². The van der Waals surface area contributed by atoms with E-state index in [1.165, 1.54) is 0 Å². The van der Waals surface area contributed by atoms with Crippen LogP contribution < -0.4 is 4.74 Å². The Morgan fingerprint density at radius 2 is 2.00 bits per heavy atom. The first-order valence-electron chi connectivity index (χ1n) is 8.18. The summed E-state index contributed by atoms with van der Waals surface area (Å²) >= 11 is 0. The number of carboxylic acid groups (broad SMARTS) is 1. The van der Waals surface area contributed by atoms with E-state index >= 15 is 0 Å². The van der Waals surface area contributed by atoms with Crippen LogP contribution in [0.3, 0.4) is 0 Å².